The molecule has 1 aromatic rings. The summed E-state index contributed by atoms with van der Waals surface area (Å²) in [6.45, 7) is 1.84. The maximum Gasteiger partial charge on any atom is 0.328 e. The second-order valence-electron chi connectivity index (χ2n) is 3.54. The Balaban J connectivity index is 3.10. The van der Waals surface area contributed by atoms with Gasteiger partial charge in [0.1, 0.15) is 11.6 Å². The van der Waals surface area contributed by atoms with Crippen LogP contribution in [0.15, 0.2) is 15.8 Å². The van der Waals surface area contributed by atoms with Crippen molar-refractivity contribution in [1.29, 1.82) is 5.26 Å². The molecule has 1 atom stereocenters. The number of nitriles is 1. The minimum Gasteiger partial charge on any atom is -0.396 e. The average molecular weight is 223 g/mol. The van der Waals surface area contributed by atoms with Crippen LogP contribution in [0.4, 0.5) is 0 Å². The van der Waals surface area contributed by atoms with Crippen molar-refractivity contribution in [2.24, 2.45) is 0 Å². The number of nitrogens with one attached hydrogen (secondary N) is 1. The van der Waals surface area contributed by atoms with E-state index in [0.717, 1.165) is 0 Å². The van der Waals surface area contributed by atoms with Crippen LogP contribution in [0, 0.1) is 11.3 Å². The lowest BCUT2D eigenvalue weighted by molar-refractivity contribution is 0.272. The zero-order valence-electron chi connectivity index (χ0n) is 8.93. The highest BCUT2D eigenvalue weighted by Crippen LogP contribution is 2.09. The van der Waals surface area contributed by atoms with Crippen molar-refractivity contribution in [3.8, 4) is 6.07 Å². The molecule has 0 spiro atoms. The fourth-order valence-electron chi connectivity index (χ4n) is 1.42. The van der Waals surface area contributed by atoms with E-state index >= 15 is 0 Å². The van der Waals surface area contributed by atoms with Gasteiger partial charge >= 0.3 is 5.69 Å². The maximum atomic E-state index is 11.4. The van der Waals surface area contributed by atoms with Gasteiger partial charge < -0.3 is 5.11 Å². The molecule has 6 heteroatoms. The molecule has 1 unspecified atom stereocenters. The smallest absolute Gasteiger partial charge is 0.328 e. The number of rotatable bonds is 4. The Morgan fingerprint density at radius 1 is 1.62 bits per heavy atom. The quantitative estimate of drug-likeness (QED) is 0.734. The molecule has 0 saturated heterocycles. The highest BCUT2D eigenvalue weighted by molar-refractivity contribution is 5.21. The standard InChI is InChI=1S/C10H13N3O3/c1-7(3-2-4-14)13-6-8(5-11)9(15)12-10(13)16/h6-7,14H,2-4H2,1H3,(H,12,15,16). The third kappa shape index (κ3) is 2.58. The van der Waals surface area contributed by atoms with E-state index in [0.29, 0.717) is 12.8 Å². The van der Waals surface area contributed by atoms with E-state index in [4.69, 9.17) is 10.4 Å². The van der Waals surface area contributed by atoms with Gasteiger partial charge in [-0.15, -0.1) is 0 Å². The predicted octanol–water partition coefficient (Wildman–Crippen LogP) is -0.258. The lowest BCUT2D eigenvalue weighted by Crippen LogP contribution is -2.32. The first-order chi connectivity index (χ1) is 7.60. The number of hydrogen-bond donors (Lipinski definition) is 2. The van der Waals surface area contributed by atoms with E-state index in [-0.39, 0.29) is 18.2 Å². The molecule has 1 rings (SSSR count). The lowest BCUT2D eigenvalue weighted by Gasteiger charge is -2.13. The molecule has 1 aromatic heterocycles. The number of nitrogens with zero attached hydrogens (tertiary/aromatic N) is 2. The van der Waals surface area contributed by atoms with Crippen LogP contribution in [0.1, 0.15) is 31.4 Å². The second-order valence-corrected chi connectivity index (χ2v) is 3.54. The number of aromatic nitrogens is 2. The summed E-state index contributed by atoms with van der Waals surface area (Å²) in [5.74, 6) is 0. The third-order valence-electron chi connectivity index (χ3n) is 2.34. The topological polar surface area (TPSA) is 98.9 Å². The van der Waals surface area contributed by atoms with E-state index < -0.39 is 11.2 Å². The van der Waals surface area contributed by atoms with Crippen LogP contribution in [0.2, 0.25) is 0 Å². The van der Waals surface area contributed by atoms with Gasteiger partial charge in [0.05, 0.1) is 0 Å². The molecule has 0 aliphatic rings. The lowest BCUT2D eigenvalue weighted by atomic mass is 10.2. The van der Waals surface area contributed by atoms with Crippen molar-refractivity contribution < 1.29 is 5.11 Å². The van der Waals surface area contributed by atoms with Crippen molar-refractivity contribution in [3.63, 3.8) is 0 Å². The molecule has 0 radical (unpaired) electrons. The molecule has 0 fully saturated rings. The van der Waals surface area contributed by atoms with E-state index in [2.05, 4.69) is 4.98 Å². The van der Waals surface area contributed by atoms with Crippen LogP contribution in [-0.4, -0.2) is 21.3 Å². The minimum atomic E-state index is -0.668. The summed E-state index contributed by atoms with van der Waals surface area (Å²) in [5.41, 5.74) is -1.29. The van der Waals surface area contributed by atoms with E-state index in [1.807, 2.05) is 0 Å². The first-order valence-corrected chi connectivity index (χ1v) is 4.96. The predicted molar refractivity (Wildman–Crippen MR) is 57.1 cm³/mol. The van der Waals surface area contributed by atoms with E-state index in [9.17, 15) is 9.59 Å². The van der Waals surface area contributed by atoms with Crippen LogP contribution < -0.4 is 11.2 Å². The zero-order valence-corrected chi connectivity index (χ0v) is 8.93. The van der Waals surface area contributed by atoms with Crippen LogP contribution in [0.5, 0.6) is 0 Å². The molecule has 0 aliphatic heterocycles. The zero-order chi connectivity index (χ0) is 12.1. The van der Waals surface area contributed by atoms with Gasteiger partial charge in [-0.1, -0.05) is 0 Å². The van der Waals surface area contributed by atoms with Gasteiger partial charge in [0.15, 0.2) is 0 Å². The fraction of sp³-hybridized carbons (Fsp3) is 0.500. The first-order valence-electron chi connectivity index (χ1n) is 4.96. The Hall–Kier alpha value is -1.87. The SMILES string of the molecule is CC(CCCO)n1cc(C#N)c(=O)[nH]c1=O. The van der Waals surface area contributed by atoms with Crippen molar-refractivity contribution >= 4 is 0 Å². The Kier molecular flexibility index (Phi) is 4.03. The Morgan fingerprint density at radius 3 is 2.88 bits per heavy atom. The summed E-state index contributed by atoms with van der Waals surface area (Å²) in [4.78, 5) is 24.7. The van der Waals surface area contributed by atoms with Crippen molar-refractivity contribution in [2.45, 2.75) is 25.8 Å². The van der Waals surface area contributed by atoms with Gasteiger partial charge in [-0.25, -0.2) is 4.79 Å². The van der Waals surface area contributed by atoms with Crippen LogP contribution in [0.25, 0.3) is 0 Å². The molecule has 6 nitrogen and oxygen atoms in total. The van der Waals surface area contributed by atoms with Gasteiger partial charge in [-0.2, -0.15) is 5.26 Å². The van der Waals surface area contributed by atoms with Crippen molar-refractivity contribution in [3.05, 3.63) is 32.6 Å². The summed E-state index contributed by atoms with van der Waals surface area (Å²) in [6, 6.07) is 1.56. The highest BCUT2D eigenvalue weighted by Gasteiger charge is 2.09. The average Bonchev–Trinajstić information content (AvgIpc) is 2.26. The van der Waals surface area contributed by atoms with Crippen molar-refractivity contribution in [1.82, 2.24) is 9.55 Å². The van der Waals surface area contributed by atoms with Gasteiger partial charge in [-0.05, 0) is 19.8 Å². The summed E-state index contributed by atoms with van der Waals surface area (Å²) in [6.07, 6.45) is 2.42. The van der Waals surface area contributed by atoms with Gasteiger partial charge in [-0.3, -0.25) is 14.3 Å². The molecule has 0 amide bonds. The largest absolute Gasteiger partial charge is 0.396 e. The van der Waals surface area contributed by atoms with Gasteiger partial charge in [0, 0.05) is 18.8 Å². The molecule has 16 heavy (non-hydrogen) atoms. The Morgan fingerprint density at radius 2 is 2.31 bits per heavy atom. The number of H-pyrrole nitrogens is 1. The number of hydrogen-bond acceptors (Lipinski definition) is 4. The third-order valence-corrected chi connectivity index (χ3v) is 2.34. The Bertz CT molecular complexity index is 509. The molecule has 2 N–H and O–H groups in total. The number of aliphatic hydroxyl groups excluding tert-OH is 1. The molecule has 0 aliphatic carbocycles. The fourth-order valence-corrected chi connectivity index (χ4v) is 1.42. The molecule has 0 aromatic carbocycles. The van der Waals surface area contributed by atoms with Gasteiger partial charge in [0.25, 0.3) is 5.56 Å². The van der Waals surface area contributed by atoms with Crippen LogP contribution in [-0.2, 0) is 0 Å². The second kappa shape index (κ2) is 5.28. The van der Waals surface area contributed by atoms with E-state index in [1.165, 1.54) is 10.8 Å². The van der Waals surface area contributed by atoms with E-state index in [1.54, 1.807) is 13.0 Å². The van der Waals surface area contributed by atoms with Crippen molar-refractivity contribution in [2.75, 3.05) is 6.61 Å². The monoisotopic (exact) mass is 223 g/mol. The van der Waals surface area contributed by atoms with Gasteiger partial charge in [0.2, 0.25) is 0 Å². The summed E-state index contributed by atoms with van der Waals surface area (Å²) < 4.78 is 1.30. The normalized spacial score (nSPS) is 12.1. The maximum absolute atomic E-state index is 11.4. The summed E-state index contributed by atoms with van der Waals surface area (Å²) in [5, 5.41) is 17.3. The summed E-state index contributed by atoms with van der Waals surface area (Å²) in [7, 11) is 0. The highest BCUT2D eigenvalue weighted by atomic mass is 16.3. The first kappa shape index (κ1) is 12.2. The molecular weight excluding hydrogens is 210 g/mol. The molecule has 0 saturated carbocycles. The molecule has 0 bridgehead atoms. The summed E-state index contributed by atoms with van der Waals surface area (Å²) >= 11 is 0. The minimum absolute atomic E-state index is 0.0492. The molecular formula is C10H13N3O3. The van der Waals surface area contributed by atoms with Crippen LogP contribution in [0.3, 0.4) is 0 Å². The number of aromatic amines is 1. The Labute approximate surface area is 91.8 Å². The molecule has 1 heterocycles. The van der Waals surface area contributed by atoms with Crippen LogP contribution >= 0.6 is 0 Å². The molecule has 86 valence electrons. The number of aliphatic hydroxyl groups is 1.